The van der Waals surface area contributed by atoms with Crippen LogP contribution in [0.4, 0.5) is 0 Å². The van der Waals surface area contributed by atoms with Gasteiger partial charge in [0.2, 0.25) is 5.91 Å². The van der Waals surface area contributed by atoms with Crippen molar-refractivity contribution in [2.75, 3.05) is 6.54 Å². The molecular weight excluding hydrogens is 294 g/mol. The minimum absolute atomic E-state index is 0.0311. The molecule has 23 heavy (non-hydrogen) atoms. The number of hydrogen-bond donors (Lipinski definition) is 4. The molecule has 1 aromatic carbocycles. The normalized spacial score (nSPS) is 13.1. The van der Waals surface area contributed by atoms with Crippen LogP contribution in [-0.4, -0.2) is 40.6 Å². The summed E-state index contributed by atoms with van der Waals surface area (Å²) in [6.07, 6.45) is 4.03. The van der Waals surface area contributed by atoms with Gasteiger partial charge in [-0.25, -0.2) is 0 Å². The summed E-state index contributed by atoms with van der Waals surface area (Å²) in [6, 6.07) is 6.44. The smallest absolute Gasteiger partial charge is 0.268 e. The van der Waals surface area contributed by atoms with Gasteiger partial charge in [-0.15, -0.1) is 6.42 Å². The number of aromatic amines is 1. The highest BCUT2D eigenvalue weighted by molar-refractivity contribution is 6.02. The number of carbonyl (C=O) groups excluding carboxylic acids is 2. The highest BCUT2D eigenvalue weighted by Crippen LogP contribution is 2.21. The summed E-state index contributed by atoms with van der Waals surface area (Å²) >= 11 is 0. The summed E-state index contributed by atoms with van der Waals surface area (Å²) in [6.45, 7) is 3.28. The zero-order valence-electron chi connectivity index (χ0n) is 13.0. The van der Waals surface area contributed by atoms with E-state index in [1.807, 2.05) is 31.2 Å². The number of terminal acetylenes is 1. The predicted octanol–water partition coefficient (Wildman–Crippen LogP) is 0.705. The Morgan fingerprint density at radius 1 is 1.39 bits per heavy atom. The Morgan fingerprint density at radius 3 is 2.70 bits per heavy atom. The van der Waals surface area contributed by atoms with Gasteiger partial charge in [0.15, 0.2) is 0 Å². The Balaban J connectivity index is 2.22. The Kier molecular flexibility index (Phi) is 5.04. The van der Waals surface area contributed by atoms with E-state index in [0.717, 1.165) is 16.5 Å². The van der Waals surface area contributed by atoms with Crippen LogP contribution >= 0.6 is 0 Å². The first-order chi connectivity index (χ1) is 11.0. The van der Waals surface area contributed by atoms with Crippen molar-refractivity contribution >= 4 is 22.7 Å². The molecule has 0 aliphatic carbocycles. The van der Waals surface area contributed by atoms with Crippen LogP contribution in [0, 0.1) is 19.3 Å². The maximum Gasteiger partial charge on any atom is 0.268 e. The van der Waals surface area contributed by atoms with E-state index in [0.29, 0.717) is 5.69 Å². The van der Waals surface area contributed by atoms with Gasteiger partial charge in [-0.3, -0.25) is 9.59 Å². The second kappa shape index (κ2) is 6.99. The summed E-state index contributed by atoms with van der Waals surface area (Å²) in [5.41, 5.74) is 1.98. The number of nitrogens with one attached hydrogen (secondary N) is 3. The van der Waals surface area contributed by atoms with Crippen LogP contribution in [0.1, 0.15) is 23.0 Å². The van der Waals surface area contributed by atoms with Crippen molar-refractivity contribution in [3.05, 3.63) is 35.5 Å². The summed E-state index contributed by atoms with van der Waals surface area (Å²) in [4.78, 5) is 27.5. The van der Waals surface area contributed by atoms with E-state index in [1.165, 1.54) is 6.92 Å². The molecule has 0 saturated carbocycles. The van der Waals surface area contributed by atoms with Crippen LogP contribution < -0.4 is 10.6 Å². The lowest BCUT2D eigenvalue weighted by molar-refractivity contribution is -0.125. The molecule has 2 aromatic rings. The topological polar surface area (TPSA) is 94.2 Å². The van der Waals surface area contributed by atoms with E-state index in [2.05, 4.69) is 21.5 Å². The quantitative estimate of drug-likeness (QED) is 0.612. The molecule has 120 valence electrons. The molecule has 4 N–H and O–H groups in total. The number of aliphatic hydroxyl groups is 1. The molecule has 2 rings (SSSR count). The average Bonchev–Trinajstić information content (AvgIpc) is 2.87. The number of hydrogen-bond acceptors (Lipinski definition) is 3. The fraction of sp³-hybridized carbons (Fsp3) is 0.294. The van der Waals surface area contributed by atoms with E-state index in [4.69, 9.17) is 6.42 Å². The van der Waals surface area contributed by atoms with Crippen LogP contribution in [0.25, 0.3) is 10.9 Å². The Bertz CT molecular complexity index is 771. The Morgan fingerprint density at radius 2 is 2.09 bits per heavy atom. The van der Waals surface area contributed by atoms with Gasteiger partial charge in [0.05, 0.1) is 12.6 Å². The monoisotopic (exact) mass is 313 g/mol. The van der Waals surface area contributed by atoms with Gasteiger partial charge in [0.1, 0.15) is 11.7 Å². The number of fused-ring (bicyclic) bond motifs is 1. The van der Waals surface area contributed by atoms with E-state index in [1.54, 1.807) is 0 Å². The van der Waals surface area contributed by atoms with Gasteiger partial charge in [0, 0.05) is 10.9 Å². The molecule has 2 atom stereocenters. The van der Waals surface area contributed by atoms with E-state index in [9.17, 15) is 14.7 Å². The fourth-order valence-corrected chi connectivity index (χ4v) is 2.38. The van der Waals surface area contributed by atoms with E-state index >= 15 is 0 Å². The van der Waals surface area contributed by atoms with Crippen molar-refractivity contribution < 1.29 is 14.7 Å². The summed E-state index contributed by atoms with van der Waals surface area (Å²) in [5.74, 6) is 1.29. The summed E-state index contributed by atoms with van der Waals surface area (Å²) < 4.78 is 0. The van der Waals surface area contributed by atoms with Crippen LogP contribution in [0.5, 0.6) is 0 Å². The molecule has 6 nitrogen and oxygen atoms in total. The molecule has 6 heteroatoms. The van der Waals surface area contributed by atoms with Crippen LogP contribution in [0.3, 0.4) is 0 Å². The lowest BCUT2D eigenvalue weighted by atomic mass is 10.1. The number of benzene rings is 1. The standard InChI is InChI=1S/C17H19N3O3/c1-4-9-18-16(22)15(11(3)21)20-17(23)14-10(2)12-7-5-6-8-13(12)19-14/h1,5-8,11,15,19,21H,9H2,2-3H3,(H,18,22)(H,20,23)/t11-,15+/m1/s1. The largest absolute Gasteiger partial charge is 0.391 e. The van der Waals surface area contributed by atoms with Gasteiger partial charge in [-0.1, -0.05) is 24.1 Å². The number of aryl methyl sites for hydroxylation is 1. The molecule has 0 bridgehead atoms. The van der Waals surface area contributed by atoms with Crippen molar-refractivity contribution in [3.63, 3.8) is 0 Å². The Labute approximate surface area is 134 Å². The van der Waals surface area contributed by atoms with E-state index < -0.39 is 24.0 Å². The van der Waals surface area contributed by atoms with Crippen molar-refractivity contribution in [1.82, 2.24) is 15.6 Å². The number of amides is 2. The maximum atomic E-state index is 12.5. The molecule has 2 amide bonds. The second-order valence-corrected chi connectivity index (χ2v) is 5.28. The zero-order chi connectivity index (χ0) is 17.0. The molecule has 0 fully saturated rings. The maximum absolute atomic E-state index is 12.5. The molecule has 0 saturated heterocycles. The molecule has 0 radical (unpaired) electrons. The number of aromatic nitrogens is 1. The molecule has 0 aliphatic heterocycles. The number of para-hydroxylation sites is 1. The molecule has 1 heterocycles. The van der Waals surface area contributed by atoms with Crippen LogP contribution in [0.2, 0.25) is 0 Å². The van der Waals surface area contributed by atoms with Crippen LogP contribution in [0.15, 0.2) is 24.3 Å². The molecular formula is C17H19N3O3. The molecule has 0 spiro atoms. The first kappa shape index (κ1) is 16.6. The predicted molar refractivity (Wildman–Crippen MR) is 87.8 cm³/mol. The Hall–Kier alpha value is -2.78. The van der Waals surface area contributed by atoms with E-state index in [-0.39, 0.29) is 6.54 Å². The third-order valence-corrected chi connectivity index (χ3v) is 3.61. The fourth-order valence-electron chi connectivity index (χ4n) is 2.38. The molecule has 0 unspecified atom stereocenters. The van der Waals surface area contributed by atoms with Gasteiger partial charge in [0.25, 0.3) is 5.91 Å². The number of carbonyl (C=O) groups is 2. The second-order valence-electron chi connectivity index (χ2n) is 5.28. The third kappa shape index (κ3) is 3.52. The highest BCUT2D eigenvalue weighted by Gasteiger charge is 2.27. The molecule has 0 aliphatic rings. The van der Waals surface area contributed by atoms with Gasteiger partial charge in [-0.2, -0.15) is 0 Å². The molecule has 1 aromatic heterocycles. The SMILES string of the molecule is C#CCNC(=O)[C@@H](NC(=O)c1[nH]c2ccccc2c1C)[C@@H](C)O. The van der Waals surface area contributed by atoms with Crippen molar-refractivity contribution in [2.24, 2.45) is 0 Å². The van der Waals surface area contributed by atoms with Crippen LogP contribution in [-0.2, 0) is 4.79 Å². The number of rotatable bonds is 5. The van der Waals surface area contributed by atoms with Gasteiger partial charge < -0.3 is 20.7 Å². The number of aliphatic hydroxyl groups excluding tert-OH is 1. The minimum Gasteiger partial charge on any atom is -0.391 e. The zero-order valence-corrected chi connectivity index (χ0v) is 13.0. The average molecular weight is 313 g/mol. The van der Waals surface area contributed by atoms with Gasteiger partial charge in [-0.05, 0) is 25.5 Å². The minimum atomic E-state index is -1.08. The number of H-pyrrole nitrogens is 1. The summed E-state index contributed by atoms with van der Waals surface area (Å²) in [5, 5.41) is 15.7. The highest BCUT2D eigenvalue weighted by atomic mass is 16.3. The lowest BCUT2D eigenvalue weighted by Gasteiger charge is -2.20. The van der Waals surface area contributed by atoms with Crippen molar-refractivity contribution in [1.29, 1.82) is 0 Å². The lowest BCUT2D eigenvalue weighted by Crippen LogP contribution is -2.52. The first-order valence-corrected chi connectivity index (χ1v) is 7.23. The van der Waals surface area contributed by atoms with Crippen molar-refractivity contribution in [3.8, 4) is 12.3 Å². The summed E-state index contributed by atoms with van der Waals surface area (Å²) in [7, 11) is 0. The van der Waals surface area contributed by atoms with Gasteiger partial charge >= 0.3 is 0 Å². The first-order valence-electron chi connectivity index (χ1n) is 7.23. The van der Waals surface area contributed by atoms with Crippen molar-refractivity contribution in [2.45, 2.75) is 26.0 Å². The third-order valence-electron chi connectivity index (χ3n) is 3.61.